The number of benzene rings is 1. The van der Waals surface area contributed by atoms with Crippen molar-refractivity contribution in [1.82, 2.24) is 10.2 Å². The molecule has 0 bridgehead atoms. The van der Waals surface area contributed by atoms with Crippen molar-refractivity contribution in [3.8, 4) is 0 Å². The first kappa shape index (κ1) is 22.1. The molecular weight excluding hydrogens is 352 g/mol. The molecule has 0 radical (unpaired) electrons. The summed E-state index contributed by atoms with van der Waals surface area (Å²) < 4.78 is 9.97. The molecule has 0 saturated carbocycles. The zero-order valence-corrected chi connectivity index (χ0v) is 16.5. The Bertz CT molecular complexity index is 708. The lowest BCUT2D eigenvalue weighted by Gasteiger charge is -2.38. The van der Waals surface area contributed by atoms with E-state index in [1.807, 2.05) is 0 Å². The molecule has 1 N–H and O–H groups in total. The third-order valence-corrected chi connectivity index (χ3v) is 3.76. The van der Waals surface area contributed by atoms with Gasteiger partial charge in [-0.2, -0.15) is 0 Å². The Morgan fingerprint density at radius 1 is 1.15 bits per heavy atom. The molecule has 0 heterocycles. The largest absolute Gasteiger partial charge is 0.465 e. The number of esters is 1. The number of amides is 2. The molecule has 0 aliphatic heterocycles. The standard InChI is InChI=1S/C19H26N2O6/c1-7-15(23)20-19(12-22,21(5)17(25)27-18(2,3)4)14-10-8-13(9-11-14)16(24)26-6/h8-12H,7H2,1-6H3,(H,20,23). The molecule has 8 heteroatoms. The second-order valence-electron chi connectivity index (χ2n) is 6.89. The number of methoxy groups -OCH3 is 1. The van der Waals surface area contributed by atoms with Crippen LogP contribution in [0.2, 0.25) is 0 Å². The number of carbonyl (C=O) groups is 4. The fourth-order valence-electron chi connectivity index (χ4n) is 2.28. The number of likely N-dealkylation sites (N-methyl/N-ethyl adjacent to an activating group) is 1. The highest BCUT2D eigenvalue weighted by molar-refractivity contribution is 5.90. The maximum absolute atomic E-state index is 12.5. The number of nitrogens with one attached hydrogen (secondary N) is 1. The molecule has 148 valence electrons. The van der Waals surface area contributed by atoms with Crippen LogP contribution in [0, 0.1) is 0 Å². The highest BCUT2D eigenvalue weighted by Gasteiger charge is 2.42. The van der Waals surface area contributed by atoms with Crippen LogP contribution >= 0.6 is 0 Å². The first-order valence-electron chi connectivity index (χ1n) is 8.43. The van der Waals surface area contributed by atoms with E-state index in [4.69, 9.17) is 4.74 Å². The topological polar surface area (TPSA) is 102 Å². The maximum Gasteiger partial charge on any atom is 0.412 e. The van der Waals surface area contributed by atoms with E-state index in [1.165, 1.54) is 38.4 Å². The Morgan fingerprint density at radius 2 is 1.70 bits per heavy atom. The number of hydrogen-bond acceptors (Lipinski definition) is 6. The first-order valence-corrected chi connectivity index (χ1v) is 8.43. The lowest BCUT2D eigenvalue weighted by Crippen LogP contribution is -2.60. The van der Waals surface area contributed by atoms with Crippen LogP contribution in [0.15, 0.2) is 24.3 Å². The van der Waals surface area contributed by atoms with Crippen molar-refractivity contribution in [1.29, 1.82) is 0 Å². The summed E-state index contributed by atoms with van der Waals surface area (Å²) >= 11 is 0. The van der Waals surface area contributed by atoms with Gasteiger partial charge in [-0.05, 0) is 32.9 Å². The SMILES string of the molecule is CCC(=O)NC(C=O)(c1ccc(C(=O)OC)cc1)N(C)C(=O)OC(C)(C)C. The summed E-state index contributed by atoms with van der Waals surface area (Å²) in [6, 6.07) is 5.83. The van der Waals surface area contributed by atoms with Crippen LogP contribution in [-0.4, -0.2) is 48.9 Å². The fourth-order valence-corrected chi connectivity index (χ4v) is 2.28. The van der Waals surface area contributed by atoms with Gasteiger partial charge in [-0.1, -0.05) is 19.1 Å². The third kappa shape index (κ3) is 5.29. The van der Waals surface area contributed by atoms with Gasteiger partial charge in [0.15, 0.2) is 6.29 Å². The fraction of sp³-hybridized carbons (Fsp3) is 0.474. The van der Waals surface area contributed by atoms with Crippen molar-refractivity contribution in [3.05, 3.63) is 35.4 Å². The van der Waals surface area contributed by atoms with Gasteiger partial charge in [0, 0.05) is 19.0 Å². The van der Waals surface area contributed by atoms with Gasteiger partial charge in [-0.25, -0.2) is 9.59 Å². The van der Waals surface area contributed by atoms with Gasteiger partial charge in [-0.3, -0.25) is 14.5 Å². The number of ether oxygens (including phenoxy) is 2. The summed E-state index contributed by atoms with van der Waals surface area (Å²) in [6.07, 6.45) is -0.224. The predicted octanol–water partition coefficient (Wildman–Crippen LogP) is 2.22. The summed E-state index contributed by atoms with van der Waals surface area (Å²) in [7, 11) is 2.61. The summed E-state index contributed by atoms with van der Waals surface area (Å²) in [5.41, 5.74) is -2.02. The van der Waals surface area contributed by atoms with Crippen LogP contribution < -0.4 is 5.32 Å². The molecule has 1 atom stereocenters. The Kier molecular flexibility index (Phi) is 7.10. The number of rotatable bonds is 6. The Balaban J connectivity index is 3.41. The molecule has 1 unspecified atom stereocenters. The molecule has 27 heavy (non-hydrogen) atoms. The molecule has 2 amide bonds. The van der Waals surface area contributed by atoms with E-state index in [0.717, 1.165) is 4.90 Å². The Morgan fingerprint density at radius 3 is 2.11 bits per heavy atom. The molecule has 1 aromatic carbocycles. The van der Waals surface area contributed by atoms with Crippen LogP contribution in [0.3, 0.4) is 0 Å². The van der Waals surface area contributed by atoms with Crippen molar-refractivity contribution < 1.29 is 28.7 Å². The van der Waals surface area contributed by atoms with E-state index in [0.29, 0.717) is 11.8 Å². The van der Waals surface area contributed by atoms with Crippen LogP contribution in [0.25, 0.3) is 0 Å². The maximum atomic E-state index is 12.5. The molecular formula is C19H26N2O6. The molecule has 1 aromatic rings. The first-order chi connectivity index (χ1) is 12.5. The highest BCUT2D eigenvalue weighted by atomic mass is 16.6. The van der Waals surface area contributed by atoms with Crippen LogP contribution in [0.5, 0.6) is 0 Å². The Labute approximate surface area is 158 Å². The quantitative estimate of drug-likeness (QED) is 0.463. The second kappa shape index (κ2) is 8.66. The van der Waals surface area contributed by atoms with E-state index in [-0.39, 0.29) is 12.0 Å². The van der Waals surface area contributed by atoms with Crippen molar-refractivity contribution in [3.63, 3.8) is 0 Å². The van der Waals surface area contributed by atoms with Gasteiger partial charge in [0.05, 0.1) is 12.7 Å². The molecule has 0 aromatic heterocycles. The van der Waals surface area contributed by atoms with Gasteiger partial charge in [0.1, 0.15) is 5.60 Å². The minimum Gasteiger partial charge on any atom is -0.465 e. The number of hydrogen-bond donors (Lipinski definition) is 1. The summed E-state index contributed by atoms with van der Waals surface area (Å²) in [5.74, 6) is -0.981. The Hall–Kier alpha value is -2.90. The van der Waals surface area contributed by atoms with E-state index in [1.54, 1.807) is 27.7 Å². The van der Waals surface area contributed by atoms with Crippen molar-refractivity contribution in [2.75, 3.05) is 14.2 Å². The zero-order chi connectivity index (χ0) is 20.8. The number of carbonyl (C=O) groups excluding carboxylic acids is 4. The monoisotopic (exact) mass is 378 g/mol. The van der Waals surface area contributed by atoms with Gasteiger partial charge in [-0.15, -0.1) is 0 Å². The van der Waals surface area contributed by atoms with Gasteiger partial charge in [0.2, 0.25) is 11.6 Å². The summed E-state index contributed by atoms with van der Waals surface area (Å²) in [5, 5.41) is 2.58. The minimum absolute atomic E-state index is 0.109. The predicted molar refractivity (Wildman–Crippen MR) is 98.0 cm³/mol. The molecule has 0 aliphatic carbocycles. The number of nitrogens with zero attached hydrogens (tertiary/aromatic N) is 1. The van der Waals surface area contributed by atoms with E-state index in [2.05, 4.69) is 10.1 Å². The van der Waals surface area contributed by atoms with Crippen molar-refractivity contribution >= 4 is 24.3 Å². The average Bonchev–Trinajstić information content (AvgIpc) is 2.63. The average molecular weight is 378 g/mol. The van der Waals surface area contributed by atoms with Crippen LogP contribution in [0.1, 0.15) is 50.0 Å². The van der Waals surface area contributed by atoms with E-state index in [9.17, 15) is 19.2 Å². The van der Waals surface area contributed by atoms with Crippen molar-refractivity contribution in [2.24, 2.45) is 0 Å². The molecule has 1 rings (SSSR count). The van der Waals surface area contributed by atoms with Crippen LogP contribution in [-0.2, 0) is 24.7 Å². The zero-order valence-electron chi connectivity index (χ0n) is 16.5. The van der Waals surface area contributed by atoms with Gasteiger partial charge in [0.25, 0.3) is 0 Å². The van der Waals surface area contributed by atoms with Gasteiger partial charge < -0.3 is 14.8 Å². The van der Waals surface area contributed by atoms with E-state index >= 15 is 0 Å². The lowest BCUT2D eigenvalue weighted by atomic mass is 9.97. The van der Waals surface area contributed by atoms with Crippen molar-refractivity contribution in [2.45, 2.75) is 45.4 Å². The summed E-state index contributed by atoms with van der Waals surface area (Å²) in [4.78, 5) is 49.4. The summed E-state index contributed by atoms with van der Waals surface area (Å²) in [6.45, 7) is 6.70. The minimum atomic E-state index is -1.79. The lowest BCUT2D eigenvalue weighted by molar-refractivity contribution is -0.132. The molecule has 8 nitrogen and oxygen atoms in total. The highest BCUT2D eigenvalue weighted by Crippen LogP contribution is 2.26. The second-order valence-corrected chi connectivity index (χ2v) is 6.89. The van der Waals surface area contributed by atoms with Crippen LogP contribution in [0.4, 0.5) is 4.79 Å². The third-order valence-electron chi connectivity index (χ3n) is 3.76. The normalized spacial score (nSPS) is 13.1. The molecule has 0 fully saturated rings. The molecule has 0 spiro atoms. The molecule has 0 aliphatic rings. The number of aldehydes is 1. The van der Waals surface area contributed by atoms with E-state index < -0.39 is 29.2 Å². The smallest absolute Gasteiger partial charge is 0.412 e. The molecule has 0 saturated heterocycles. The van der Waals surface area contributed by atoms with Gasteiger partial charge >= 0.3 is 12.1 Å².